The molecule has 2 atom stereocenters. The first kappa shape index (κ1) is 50.5. The number of hydrogen-bond donors (Lipinski definition) is 4. The van der Waals surface area contributed by atoms with Crippen molar-refractivity contribution in [3.05, 3.63) is 32.2 Å². The number of aromatic nitrogens is 4. The summed E-state index contributed by atoms with van der Waals surface area (Å²) in [6, 6.07) is -1.37. The van der Waals surface area contributed by atoms with Crippen molar-refractivity contribution in [2.45, 2.75) is 134 Å². The van der Waals surface area contributed by atoms with Crippen LogP contribution in [0.1, 0.15) is 122 Å². The zero-order chi connectivity index (χ0) is 40.9. The number of nitrogens with zero attached hydrogens (tertiary/aromatic N) is 6. The Hall–Kier alpha value is -3.51. The third-order valence-corrected chi connectivity index (χ3v) is 10.1. The zero-order valence-corrected chi connectivity index (χ0v) is 36.9. The van der Waals surface area contributed by atoms with Crippen LogP contribution in [0.3, 0.4) is 0 Å². The van der Waals surface area contributed by atoms with E-state index in [-0.39, 0.29) is 44.8 Å². The molecule has 0 radical (unpaired) electrons. The Bertz CT molecular complexity index is 1700. The SMILES string of the molecule is C.C.CNC(=O)[C@@H](NC(=O)c1nc(Br)n2c1CN(C(=O)OC(C)(C)C)CCC2)C(C)(C)C.CNC(=O)[C@@H](NC(=O)c1nc(Br)n2c1CN(C)CCC2)C(C)(C)C. The van der Waals surface area contributed by atoms with Crippen LogP contribution in [-0.2, 0) is 40.5 Å². The van der Waals surface area contributed by atoms with E-state index < -0.39 is 40.5 Å². The Morgan fingerprint density at radius 1 is 0.661 bits per heavy atom. The van der Waals surface area contributed by atoms with Gasteiger partial charge in [0.25, 0.3) is 11.8 Å². The van der Waals surface area contributed by atoms with Gasteiger partial charge in [0.05, 0.1) is 17.9 Å². The van der Waals surface area contributed by atoms with Crippen LogP contribution in [0.2, 0.25) is 0 Å². The molecular weight excluding hydrogens is 852 g/mol. The molecule has 4 rings (SSSR count). The summed E-state index contributed by atoms with van der Waals surface area (Å²) in [6.07, 6.45) is 1.27. The first-order valence-electron chi connectivity index (χ1n) is 18.1. The highest BCUT2D eigenvalue weighted by molar-refractivity contribution is 9.10. The Morgan fingerprint density at radius 2 is 1.05 bits per heavy atom. The maximum absolute atomic E-state index is 13.1. The second-order valence-electron chi connectivity index (χ2n) is 16.8. The van der Waals surface area contributed by atoms with Crippen molar-refractivity contribution in [2.24, 2.45) is 10.8 Å². The summed E-state index contributed by atoms with van der Waals surface area (Å²) in [7, 11) is 5.13. The maximum atomic E-state index is 13.1. The van der Waals surface area contributed by atoms with Gasteiger partial charge in [0.15, 0.2) is 20.9 Å². The van der Waals surface area contributed by atoms with Crippen LogP contribution in [0, 0.1) is 10.8 Å². The minimum atomic E-state index is -0.737. The van der Waals surface area contributed by atoms with E-state index in [2.05, 4.69) is 68.0 Å². The molecule has 56 heavy (non-hydrogen) atoms. The van der Waals surface area contributed by atoms with E-state index in [9.17, 15) is 24.0 Å². The smallest absolute Gasteiger partial charge is 0.410 e. The number of carbonyl (C=O) groups excluding carboxylic acids is 5. The zero-order valence-electron chi connectivity index (χ0n) is 33.7. The van der Waals surface area contributed by atoms with E-state index in [1.54, 1.807) is 11.9 Å². The van der Waals surface area contributed by atoms with Gasteiger partial charge in [0, 0.05) is 40.3 Å². The van der Waals surface area contributed by atoms with Gasteiger partial charge in [-0.05, 0) is 89.9 Å². The lowest BCUT2D eigenvalue weighted by atomic mass is 9.86. The standard InChI is InChI=1S/C20H32BrN5O4.C16H26BrN5O2.2CH4/c1-19(2,3)14(16(28)22-7)24-15(27)13-12-11-25(18(29)30-20(4,5)6)9-8-10-26(12)17(21)23-13;1-16(2,3)12(14(24)18-4)20-13(23)11-10-9-21(5)7-6-8-22(10)15(17)19-11;;/h14H,8-11H2,1-7H3,(H,22,28)(H,24,27);12H,6-9H2,1-5H3,(H,18,24)(H,20,23);2*1H4/t14-;12-;;/m11../s1. The highest BCUT2D eigenvalue weighted by atomic mass is 79.9. The van der Waals surface area contributed by atoms with Gasteiger partial charge in [0.2, 0.25) is 11.8 Å². The molecule has 2 aliphatic heterocycles. The number of halogens is 2. The molecule has 0 bridgehead atoms. The summed E-state index contributed by atoms with van der Waals surface area (Å²) < 4.78 is 10.6. The molecule has 2 aromatic heterocycles. The number of ether oxygens (including phenoxy) is 1. The van der Waals surface area contributed by atoms with Gasteiger partial charge in [-0.1, -0.05) is 56.4 Å². The maximum Gasteiger partial charge on any atom is 0.410 e. The normalized spacial score (nSPS) is 15.6. The summed E-state index contributed by atoms with van der Waals surface area (Å²) in [5, 5.41) is 10.9. The number of carbonyl (C=O) groups is 5. The summed E-state index contributed by atoms with van der Waals surface area (Å²) in [4.78, 5) is 75.5. The predicted molar refractivity (Wildman–Crippen MR) is 225 cm³/mol. The third kappa shape index (κ3) is 13.0. The van der Waals surface area contributed by atoms with E-state index in [0.717, 1.165) is 25.2 Å². The van der Waals surface area contributed by atoms with Crippen LogP contribution in [-0.4, -0.2) is 111 Å². The Balaban J connectivity index is 0.000000553. The molecule has 0 unspecified atom stereocenters. The van der Waals surface area contributed by atoms with Crippen LogP contribution in [0.4, 0.5) is 4.79 Å². The van der Waals surface area contributed by atoms with Crippen molar-refractivity contribution in [3.63, 3.8) is 0 Å². The van der Waals surface area contributed by atoms with Crippen LogP contribution in [0.5, 0.6) is 0 Å². The lowest BCUT2D eigenvalue weighted by molar-refractivity contribution is -0.125. The molecule has 0 fully saturated rings. The number of rotatable bonds is 6. The lowest BCUT2D eigenvalue weighted by Crippen LogP contribution is -2.53. The number of amides is 5. The third-order valence-electron chi connectivity index (χ3n) is 8.93. The summed E-state index contributed by atoms with van der Waals surface area (Å²) in [6.45, 7) is 20.6. The molecule has 4 N–H and O–H groups in total. The van der Waals surface area contributed by atoms with E-state index in [4.69, 9.17) is 4.74 Å². The molecule has 4 heterocycles. The Labute approximate surface area is 350 Å². The molecule has 318 valence electrons. The number of imidazole rings is 2. The molecule has 2 aliphatic rings. The molecule has 2 aromatic rings. The van der Waals surface area contributed by atoms with Crippen molar-refractivity contribution in [1.29, 1.82) is 0 Å². The van der Waals surface area contributed by atoms with Gasteiger partial charge < -0.3 is 44.9 Å². The first-order valence-corrected chi connectivity index (χ1v) is 19.7. The molecule has 0 aliphatic carbocycles. The van der Waals surface area contributed by atoms with Crippen molar-refractivity contribution in [2.75, 3.05) is 34.2 Å². The average Bonchev–Trinajstić information content (AvgIpc) is 3.32. The van der Waals surface area contributed by atoms with E-state index in [0.29, 0.717) is 46.9 Å². The van der Waals surface area contributed by atoms with Crippen molar-refractivity contribution < 1.29 is 28.7 Å². The molecule has 0 spiro atoms. The number of likely N-dealkylation sites (N-methyl/N-ethyl adjacent to an activating group) is 2. The monoisotopic (exact) mass is 916 g/mol. The van der Waals surface area contributed by atoms with Gasteiger partial charge in [-0.25, -0.2) is 14.8 Å². The minimum absolute atomic E-state index is 0. The number of hydrogen-bond acceptors (Lipinski definition) is 9. The quantitative estimate of drug-likeness (QED) is 0.298. The summed E-state index contributed by atoms with van der Waals surface area (Å²) in [5.74, 6) is -1.27. The summed E-state index contributed by atoms with van der Waals surface area (Å²) >= 11 is 6.87. The van der Waals surface area contributed by atoms with Gasteiger partial charge in [-0.15, -0.1) is 0 Å². The van der Waals surface area contributed by atoms with Crippen LogP contribution >= 0.6 is 31.9 Å². The molecule has 0 aromatic carbocycles. The van der Waals surface area contributed by atoms with Gasteiger partial charge in [-0.2, -0.15) is 0 Å². The highest BCUT2D eigenvalue weighted by Crippen LogP contribution is 2.27. The lowest BCUT2D eigenvalue weighted by Gasteiger charge is -2.30. The molecule has 16 nitrogen and oxygen atoms in total. The molecule has 18 heteroatoms. The van der Waals surface area contributed by atoms with E-state index in [1.165, 1.54) is 7.05 Å². The van der Waals surface area contributed by atoms with E-state index >= 15 is 0 Å². The highest BCUT2D eigenvalue weighted by Gasteiger charge is 2.36. The topological polar surface area (TPSA) is 185 Å². The van der Waals surface area contributed by atoms with Crippen LogP contribution in [0.25, 0.3) is 0 Å². The van der Waals surface area contributed by atoms with Gasteiger partial charge in [-0.3, -0.25) is 19.2 Å². The number of nitrogens with one attached hydrogen (secondary N) is 4. The van der Waals surface area contributed by atoms with Gasteiger partial charge in [0.1, 0.15) is 17.7 Å². The Kier molecular flexibility index (Phi) is 18.3. The number of fused-ring (bicyclic) bond motifs is 2. The van der Waals surface area contributed by atoms with Gasteiger partial charge >= 0.3 is 6.09 Å². The molecule has 0 saturated heterocycles. The van der Waals surface area contributed by atoms with Crippen LogP contribution in [0.15, 0.2) is 9.47 Å². The van der Waals surface area contributed by atoms with E-state index in [1.807, 2.05) is 78.5 Å². The fourth-order valence-electron chi connectivity index (χ4n) is 6.08. The second kappa shape index (κ2) is 20.3. The van der Waals surface area contributed by atoms with Crippen molar-refractivity contribution in [1.82, 2.24) is 50.2 Å². The summed E-state index contributed by atoms with van der Waals surface area (Å²) in [5.41, 5.74) is 0.547. The first-order chi connectivity index (χ1) is 24.9. The Morgan fingerprint density at radius 3 is 1.43 bits per heavy atom. The average molecular weight is 919 g/mol. The molecular formula is C38H66Br2N10O6. The molecule has 5 amide bonds. The van der Waals surface area contributed by atoms with Crippen molar-refractivity contribution >= 4 is 61.6 Å². The minimum Gasteiger partial charge on any atom is -0.444 e. The predicted octanol–water partition coefficient (Wildman–Crippen LogP) is 5.32. The van der Waals surface area contributed by atoms with Crippen LogP contribution < -0.4 is 21.3 Å². The largest absolute Gasteiger partial charge is 0.444 e. The fourth-order valence-corrected chi connectivity index (χ4v) is 7.22. The fraction of sp³-hybridized carbons (Fsp3) is 0.711. The molecule has 0 saturated carbocycles. The second-order valence-corrected chi connectivity index (χ2v) is 18.2. The van der Waals surface area contributed by atoms with Crippen molar-refractivity contribution in [3.8, 4) is 0 Å².